The Balaban J connectivity index is 3.03. The van der Waals surface area contributed by atoms with Gasteiger partial charge in [-0.15, -0.1) is 0 Å². The number of allylic oxidation sites excluding steroid dienone is 4. The van der Waals surface area contributed by atoms with Crippen LogP contribution in [-0.4, -0.2) is 0 Å². The summed E-state index contributed by atoms with van der Waals surface area (Å²) in [5.41, 5.74) is 10.2. The van der Waals surface area contributed by atoms with Gasteiger partial charge in [-0.05, 0) is 44.0 Å². The van der Waals surface area contributed by atoms with E-state index in [0.717, 1.165) is 5.69 Å². The molecule has 14 heavy (non-hydrogen) atoms. The molecule has 0 bridgehead atoms. The zero-order valence-corrected chi connectivity index (χ0v) is 9.04. The highest BCUT2D eigenvalue weighted by molar-refractivity contribution is 5.75. The molecule has 0 aliphatic heterocycles. The van der Waals surface area contributed by atoms with Crippen molar-refractivity contribution in [1.82, 2.24) is 0 Å². The first kappa shape index (κ1) is 10.6. The molecule has 2 N–H and O–H groups in total. The van der Waals surface area contributed by atoms with Crippen LogP contribution in [0.3, 0.4) is 0 Å². The van der Waals surface area contributed by atoms with Crippen molar-refractivity contribution in [2.45, 2.75) is 20.8 Å². The highest BCUT2D eigenvalue weighted by Gasteiger charge is 1.96. The molecule has 0 spiro atoms. The van der Waals surface area contributed by atoms with Crippen molar-refractivity contribution in [3.63, 3.8) is 0 Å². The molecular weight excluding hydrogens is 170 g/mol. The number of rotatable bonds is 2. The Morgan fingerprint density at radius 3 is 2.14 bits per heavy atom. The van der Waals surface area contributed by atoms with Crippen LogP contribution in [0, 0.1) is 0 Å². The van der Waals surface area contributed by atoms with Crippen LogP contribution in [0.4, 0.5) is 5.69 Å². The van der Waals surface area contributed by atoms with E-state index >= 15 is 0 Å². The smallest absolute Gasteiger partial charge is 0.0314 e. The maximum atomic E-state index is 5.63. The molecular formula is C13H17N. The van der Waals surface area contributed by atoms with E-state index in [-0.39, 0.29) is 0 Å². The van der Waals surface area contributed by atoms with Gasteiger partial charge in [-0.2, -0.15) is 0 Å². The first-order valence-corrected chi connectivity index (χ1v) is 4.80. The van der Waals surface area contributed by atoms with Gasteiger partial charge in [0.2, 0.25) is 0 Å². The molecule has 1 rings (SSSR count). The van der Waals surface area contributed by atoms with Crippen LogP contribution in [-0.2, 0) is 0 Å². The summed E-state index contributed by atoms with van der Waals surface area (Å²) in [4.78, 5) is 0. The Bertz CT molecular complexity index is 351. The predicted octanol–water partition coefficient (Wildman–Crippen LogP) is 3.64. The van der Waals surface area contributed by atoms with Crippen molar-refractivity contribution < 1.29 is 0 Å². The molecule has 1 nitrogen and oxygen atoms in total. The minimum Gasteiger partial charge on any atom is -0.399 e. The fourth-order valence-electron chi connectivity index (χ4n) is 1.32. The fraction of sp³-hybridized carbons (Fsp3) is 0.231. The highest BCUT2D eigenvalue weighted by atomic mass is 14.5. The number of benzene rings is 1. The number of anilines is 1. The molecule has 0 unspecified atom stereocenters. The first-order chi connectivity index (χ1) is 6.63. The van der Waals surface area contributed by atoms with E-state index in [1.165, 1.54) is 16.7 Å². The van der Waals surface area contributed by atoms with Gasteiger partial charge in [0.05, 0.1) is 0 Å². The number of hydrogen-bond donors (Lipinski definition) is 1. The van der Waals surface area contributed by atoms with E-state index in [0.29, 0.717) is 0 Å². The Morgan fingerprint density at radius 1 is 1.14 bits per heavy atom. The Kier molecular flexibility index (Phi) is 3.52. The molecule has 1 aromatic carbocycles. The third kappa shape index (κ3) is 2.77. The van der Waals surface area contributed by atoms with E-state index < -0.39 is 0 Å². The van der Waals surface area contributed by atoms with Crippen LogP contribution in [0.5, 0.6) is 0 Å². The van der Waals surface area contributed by atoms with Gasteiger partial charge in [0, 0.05) is 5.69 Å². The molecule has 0 heterocycles. The molecule has 0 aliphatic rings. The van der Waals surface area contributed by atoms with Gasteiger partial charge < -0.3 is 5.73 Å². The molecule has 0 aliphatic carbocycles. The van der Waals surface area contributed by atoms with Gasteiger partial charge in [0.15, 0.2) is 0 Å². The van der Waals surface area contributed by atoms with Gasteiger partial charge in [-0.3, -0.25) is 0 Å². The molecule has 1 heteroatoms. The first-order valence-electron chi connectivity index (χ1n) is 4.80. The maximum Gasteiger partial charge on any atom is 0.0314 e. The fourth-order valence-corrected chi connectivity index (χ4v) is 1.32. The summed E-state index contributed by atoms with van der Waals surface area (Å²) >= 11 is 0. The van der Waals surface area contributed by atoms with Crippen molar-refractivity contribution >= 4 is 11.3 Å². The topological polar surface area (TPSA) is 26.0 Å². The van der Waals surface area contributed by atoms with Crippen LogP contribution in [0.1, 0.15) is 26.3 Å². The van der Waals surface area contributed by atoms with E-state index in [9.17, 15) is 0 Å². The molecule has 0 fully saturated rings. The lowest BCUT2D eigenvalue weighted by atomic mass is 10.0. The van der Waals surface area contributed by atoms with Crippen LogP contribution in [0.2, 0.25) is 0 Å². The zero-order chi connectivity index (χ0) is 10.6. The molecule has 0 radical (unpaired) electrons. The van der Waals surface area contributed by atoms with Gasteiger partial charge in [0.1, 0.15) is 0 Å². The monoisotopic (exact) mass is 187 g/mol. The second-order valence-corrected chi connectivity index (χ2v) is 3.59. The molecule has 0 saturated heterocycles. The minimum atomic E-state index is 0.807. The third-order valence-electron chi connectivity index (χ3n) is 2.00. The summed E-state index contributed by atoms with van der Waals surface area (Å²) in [6, 6.07) is 7.95. The summed E-state index contributed by atoms with van der Waals surface area (Å²) < 4.78 is 0. The maximum absolute atomic E-state index is 5.63. The van der Waals surface area contributed by atoms with Crippen molar-refractivity contribution in [2.24, 2.45) is 0 Å². The molecule has 1 aromatic rings. The lowest BCUT2D eigenvalue weighted by Gasteiger charge is -2.03. The normalized spacial score (nSPS) is 11.2. The molecule has 0 atom stereocenters. The quantitative estimate of drug-likeness (QED) is 0.555. The van der Waals surface area contributed by atoms with Crippen LogP contribution < -0.4 is 5.73 Å². The van der Waals surface area contributed by atoms with E-state index in [1.54, 1.807) is 0 Å². The third-order valence-corrected chi connectivity index (χ3v) is 2.00. The second-order valence-electron chi connectivity index (χ2n) is 3.59. The average molecular weight is 187 g/mol. The SMILES string of the molecule is C/C=C(\C=C(C)C)c1ccc(N)cc1. The van der Waals surface area contributed by atoms with E-state index in [4.69, 9.17) is 5.73 Å². The van der Waals surface area contributed by atoms with Crippen molar-refractivity contribution in [3.8, 4) is 0 Å². The highest BCUT2D eigenvalue weighted by Crippen LogP contribution is 2.18. The Morgan fingerprint density at radius 2 is 1.71 bits per heavy atom. The largest absolute Gasteiger partial charge is 0.399 e. The lowest BCUT2D eigenvalue weighted by Crippen LogP contribution is -1.86. The summed E-state index contributed by atoms with van der Waals surface area (Å²) in [5.74, 6) is 0. The number of nitrogen functional groups attached to an aromatic ring is 1. The van der Waals surface area contributed by atoms with E-state index in [2.05, 4.69) is 26.0 Å². The summed E-state index contributed by atoms with van der Waals surface area (Å²) in [7, 11) is 0. The van der Waals surface area contributed by atoms with E-state index in [1.807, 2.05) is 31.2 Å². The van der Waals surface area contributed by atoms with Crippen LogP contribution >= 0.6 is 0 Å². The molecule has 0 aromatic heterocycles. The minimum absolute atomic E-state index is 0.807. The standard InChI is InChI=1S/C13H17N/c1-4-11(9-10(2)3)12-5-7-13(14)8-6-12/h4-9H,14H2,1-3H3/b11-4+. The van der Waals surface area contributed by atoms with Gasteiger partial charge in [-0.1, -0.05) is 29.9 Å². The van der Waals surface area contributed by atoms with Crippen molar-refractivity contribution in [2.75, 3.05) is 5.73 Å². The lowest BCUT2D eigenvalue weighted by molar-refractivity contribution is 1.39. The summed E-state index contributed by atoms with van der Waals surface area (Å²) in [6.07, 6.45) is 4.28. The van der Waals surface area contributed by atoms with Crippen LogP contribution in [0.15, 0.2) is 42.0 Å². The summed E-state index contributed by atoms with van der Waals surface area (Å²) in [6.45, 7) is 6.24. The predicted molar refractivity (Wildman–Crippen MR) is 63.9 cm³/mol. The molecule has 74 valence electrons. The molecule has 0 saturated carbocycles. The Labute approximate surface area is 85.9 Å². The van der Waals surface area contributed by atoms with Gasteiger partial charge in [-0.25, -0.2) is 0 Å². The second kappa shape index (κ2) is 4.66. The average Bonchev–Trinajstić information content (AvgIpc) is 2.15. The Hall–Kier alpha value is -1.50. The van der Waals surface area contributed by atoms with Gasteiger partial charge in [0.25, 0.3) is 0 Å². The van der Waals surface area contributed by atoms with Crippen molar-refractivity contribution in [3.05, 3.63) is 47.6 Å². The van der Waals surface area contributed by atoms with Crippen LogP contribution in [0.25, 0.3) is 5.57 Å². The van der Waals surface area contributed by atoms with Gasteiger partial charge >= 0.3 is 0 Å². The number of nitrogens with two attached hydrogens (primary N) is 1. The zero-order valence-electron chi connectivity index (χ0n) is 9.04. The van der Waals surface area contributed by atoms with Crippen molar-refractivity contribution in [1.29, 1.82) is 0 Å². The summed E-state index contributed by atoms with van der Waals surface area (Å²) in [5, 5.41) is 0. The number of hydrogen-bond acceptors (Lipinski definition) is 1. The molecule has 0 amide bonds.